The van der Waals surface area contributed by atoms with E-state index in [2.05, 4.69) is 33.2 Å². The summed E-state index contributed by atoms with van der Waals surface area (Å²) >= 11 is 0. The lowest BCUT2D eigenvalue weighted by molar-refractivity contribution is -0.140. The number of imidazole rings is 1. The van der Waals surface area contributed by atoms with E-state index in [0.29, 0.717) is 31.6 Å². The first-order chi connectivity index (χ1) is 20.2. The second-order valence-corrected chi connectivity index (χ2v) is 11.6. The summed E-state index contributed by atoms with van der Waals surface area (Å²) in [5, 5.41) is 15.3. The number of para-hydroxylation sites is 1. The summed E-state index contributed by atoms with van der Waals surface area (Å²) in [4.78, 5) is 45.5. The molecule has 1 aliphatic carbocycles. The van der Waals surface area contributed by atoms with Crippen molar-refractivity contribution in [2.45, 2.75) is 97.1 Å². The Morgan fingerprint density at radius 3 is 2.69 bits per heavy atom. The molecule has 0 bridgehead atoms. The van der Waals surface area contributed by atoms with E-state index in [1.807, 2.05) is 25.1 Å². The molecule has 1 fully saturated rings. The highest BCUT2D eigenvalue weighted by molar-refractivity contribution is 6.06. The largest absolute Gasteiger partial charge is 0.480 e. The van der Waals surface area contributed by atoms with Crippen LogP contribution in [0.2, 0.25) is 0 Å². The van der Waals surface area contributed by atoms with E-state index in [1.54, 1.807) is 0 Å². The molecule has 42 heavy (non-hydrogen) atoms. The second kappa shape index (κ2) is 14.3. The van der Waals surface area contributed by atoms with E-state index in [1.165, 1.54) is 0 Å². The van der Waals surface area contributed by atoms with Gasteiger partial charge in [-0.1, -0.05) is 44.9 Å². The van der Waals surface area contributed by atoms with E-state index < -0.39 is 24.0 Å². The highest BCUT2D eigenvalue weighted by Crippen LogP contribution is 2.35. The predicted octanol–water partition coefficient (Wildman–Crippen LogP) is 4.95. The van der Waals surface area contributed by atoms with E-state index in [-0.39, 0.29) is 12.0 Å². The summed E-state index contributed by atoms with van der Waals surface area (Å²) in [5.41, 5.74) is 8.25. The molecule has 2 atom stereocenters. The number of carboxylic acids is 1. The zero-order chi connectivity index (χ0) is 30.1. The molecule has 11 heteroatoms. The maximum Gasteiger partial charge on any atom is 0.407 e. The summed E-state index contributed by atoms with van der Waals surface area (Å²) < 4.78 is 7.99. The lowest BCUT2D eigenvalue weighted by Gasteiger charge is -2.32. The SMILES string of the molecule is CCCCc1nc2c(N)nc3ccccc3c2n1CCCCNC(=O)OC1CCCCC(C)(C(=O)NCC(=O)O)CC1. The van der Waals surface area contributed by atoms with Gasteiger partial charge in [0.2, 0.25) is 5.91 Å². The van der Waals surface area contributed by atoms with Gasteiger partial charge in [0.05, 0.1) is 11.0 Å². The van der Waals surface area contributed by atoms with Crippen LogP contribution in [0.1, 0.15) is 83.9 Å². The average molecular weight is 581 g/mol. The number of rotatable bonds is 12. The first kappa shape index (κ1) is 31.1. The molecule has 0 radical (unpaired) electrons. The lowest BCUT2D eigenvalue weighted by atomic mass is 9.76. The van der Waals surface area contributed by atoms with Gasteiger partial charge in [-0.25, -0.2) is 14.8 Å². The van der Waals surface area contributed by atoms with Gasteiger partial charge in [-0.2, -0.15) is 0 Å². The van der Waals surface area contributed by atoms with Gasteiger partial charge in [0.15, 0.2) is 5.82 Å². The average Bonchev–Trinajstić information content (AvgIpc) is 3.33. The minimum Gasteiger partial charge on any atom is -0.480 e. The number of amides is 2. The highest BCUT2D eigenvalue weighted by atomic mass is 16.6. The number of aromatic nitrogens is 3. The number of nitrogens with two attached hydrogens (primary N) is 1. The van der Waals surface area contributed by atoms with E-state index in [9.17, 15) is 14.4 Å². The third-order valence-electron chi connectivity index (χ3n) is 8.27. The number of pyridine rings is 1. The predicted molar refractivity (Wildman–Crippen MR) is 162 cm³/mol. The van der Waals surface area contributed by atoms with Crippen LogP contribution in [0.5, 0.6) is 0 Å². The fraction of sp³-hybridized carbons (Fsp3) is 0.581. The maximum absolute atomic E-state index is 12.6. The summed E-state index contributed by atoms with van der Waals surface area (Å²) in [7, 11) is 0. The third-order valence-corrected chi connectivity index (χ3v) is 8.27. The maximum atomic E-state index is 12.6. The number of hydrogen-bond donors (Lipinski definition) is 4. The Balaban J connectivity index is 1.30. The van der Waals surface area contributed by atoms with Crippen LogP contribution < -0.4 is 16.4 Å². The Morgan fingerprint density at radius 2 is 1.90 bits per heavy atom. The molecule has 3 aromatic rings. The van der Waals surface area contributed by atoms with E-state index in [4.69, 9.17) is 20.6 Å². The van der Waals surface area contributed by atoms with Crippen molar-refractivity contribution in [1.29, 1.82) is 0 Å². The number of carbonyl (C=O) groups excluding carboxylic acids is 2. The van der Waals surface area contributed by atoms with Crippen LogP contribution >= 0.6 is 0 Å². The van der Waals surface area contributed by atoms with Gasteiger partial charge in [0.1, 0.15) is 24.0 Å². The van der Waals surface area contributed by atoms with Gasteiger partial charge >= 0.3 is 12.1 Å². The Bertz CT molecular complexity index is 1410. The topological polar surface area (TPSA) is 161 Å². The Morgan fingerprint density at radius 1 is 1.10 bits per heavy atom. The molecule has 0 aliphatic heterocycles. The molecule has 2 heterocycles. The van der Waals surface area contributed by atoms with Gasteiger partial charge < -0.3 is 30.8 Å². The van der Waals surface area contributed by atoms with Crippen molar-refractivity contribution in [3.63, 3.8) is 0 Å². The molecular formula is C31H44N6O5. The van der Waals surface area contributed by atoms with Gasteiger partial charge in [-0.3, -0.25) is 9.59 Å². The van der Waals surface area contributed by atoms with Crippen LogP contribution in [-0.2, 0) is 27.3 Å². The number of unbranched alkanes of at least 4 members (excludes halogenated alkanes) is 2. The van der Waals surface area contributed by atoms with Crippen molar-refractivity contribution in [3.8, 4) is 0 Å². The normalized spacial score (nSPS) is 19.2. The van der Waals surface area contributed by atoms with Crippen molar-refractivity contribution in [2.24, 2.45) is 5.41 Å². The summed E-state index contributed by atoms with van der Waals surface area (Å²) in [5.74, 6) is 0.129. The Hall–Kier alpha value is -3.89. The van der Waals surface area contributed by atoms with Crippen LogP contribution in [0.25, 0.3) is 21.9 Å². The van der Waals surface area contributed by atoms with Crippen molar-refractivity contribution < 1.29 is 24.2 Å². The molecule has 1 aliphatic rings. The first-order valence-electron chi connectivity index (χ1n) is 15.2. The van der Waals surface area contributed by atoms with Crippen LogP contribution in [0.15, 0.2) is 24.3 Å². The molecule has 2 unspecified atom stereocenters. The molecule has 4 rings (SSSR count). The number of aryl methyl sites for hydroxylation is 2. The number of alkyl carbamates (subject to hydrolysis) is 1. The standard InChI is InChI=1S/C31H44N6O5/c1-3-4-14-24-36-26-27(22-12-5-6-13-23(22)35-28(26)32)37(24)19-10-9-18-33-30(41)42-21-11-7-8-16-31(2,17-15-21)29(40)34-20-25(38)39/h5-6,12-13,21H,3-4,7-11,14-20H2,1-2H3,(H2,32,35)(H,33,41)(H,34,40)(H,38,39). The molecular weight excluding hydrogens is 536 g/mol. The van der Waals surface area contributed by atoms with Gasteiger partial charge in [-0.15, -0.1) is 0 Å². The van der Waals surface area contributed by atoms with Crippen molar-refractivity contribution >= 4 is 45.7 Å². The number of hydrogen-bond acceptors (Lipinski definition) is 7. The smallest absolute Gasteiger partial charge is 0.407 e. The third kappa shape index (κ3) is 7.68. The van der Waals surface area contributed by atoms with E-state index >= 15 is 0 Å². The summed E-state index contributed by atoms with van der Waals surface area (Å²) in [6, 6.07) is 7.99. The molecule has 2 amide bonds. The Kier molecular flexibility index (Phi) is 10.6. The molecule has 1 saturated carbocycles. The monoisotopic (exact) mass is 580 g/mol. The van der Waals surface area contributed by atoms with Crippen LogP contribution in [0.4, 0.5) is 10.6 Å². The number of nitrogens with zero attached hydrogens (tertiary/aromatic N) is 3. The number of benzene rings is 1. The molecule has 2 aromatic heterocycles. The molecule has 1 aromatic carbocycles. The molecule has 0 saturated heterocycles. The fourth-order valence-corrected chi connectivity index (χ4v) is 5.80. The minimum atomic E-state index is -1.07. The number of carbonyl (C=O) groups is 3. The minimum absolute atomic E-state index is 0.259. The quantitative estimate of drug-likeness (QED) is 0.219. The summed E-state index contributed by atoms with van der Waals surface area (Å²) in [6.07, 6.45) is 8.05. The number of fused-ring (bicyclic) bond motifs is 3. The fourth-order valence-electron chi connectivity index (χ4n) is 5.80. The van der Waals surface area contributed by atoms with Gasteiger partial charge in [0.25, 0.3) is 0 Å². The first-order valence-corrected chi connectivity index (χ1v) is 15.2. The number of nitrogens with one attached hydrogen (secondary N) is 2. The zero-order valence-electron chi connectivity index (χ0n) is 24.8. The summed E-state index contributed by atoms with van der Waals surface area (Å²) in [6.45, 7) is 4.87. The molecule has 228 valence electrons. The highest BCUT2D eigenvalue weighted by Gasteiger charge is 2.35. The van der Waals surface area contributed by atoms with Crippen LogP contribution in [-0.4, -0.2) is 56.8 Å². The molecule has 0 spiro atoms. The van der Waals surface area contributed by atoms with Crippen molar-refractivity contribution in [2.75, 3.05) is 18.8 Å². The van der Waals surface area contributed by atoms with Crippen LogP contribution in [0, 0.1) is 5.41 Å². The zero-order valence-corrected chi connectivity index (χ0v) is 24.8. The number of carboxylic acid groups (broad SMARTS) is 1. The lowest BCUT2D eigenvalue weighted by Crippen LogP contribution is -2.42. The van der Waals surface area contributed by atoms with Crippen LogP contribution in [0.3, 0.4) is 0 Å². The van der Waals surface area contributed by atoms with E-state index in [0.717, 1.165) is 85.7 Å². The number of anilines is 1. The number of nitrogen functional groups attached to an aromatic ring is 1. The second-order valence-electron chi connectivity index (χ2n) is 11.6. The number of aliphatic carboxylic acids is 1. The van der Waals surface area contributed by atoms with Crippen molar-refractivity contribution in [3.05, 3.63) is 30.1 Å². The van der Waals surface area contributed by atoms with Gasteiger partial charge in [0, 0.05) is 30.3 Å². The van der Waals surface area contributed by atoms with Crippen molar-refractivity contribution in [1.82, 2.24) is 25.2 Å². The number of ether oxygens (including phenoxy) is 1. The molecule has 5 N–H and O–H groups in total. The molecule has 11 nitrogen and oxygen atoms in total. The Labute approximate surface area is 246 Å². The van der Waals surface area contributed by atoms with Gasteiger partial charge in [-0.05, 0) is 57.4 Å².